The third kappa shape index (κ3) is 3.08. The Morgan fingerprint density at radius 1 is 1.07 bits per heavy atom. The van der Waals surface area contributed by atoms with Crippen LogP contribution < -0.4 is 4.90 Å². The first-order valence-electron chi connectivity index (χ1n) is 9.15. The lowest BCUT2D eigenvalue weighted by Crippen LogP contribution is -2.13. The van der Waals surface area contributed by atoms with Crippen molar-refractivity contribution in [3.63, 3.8) is 0 Å². The molecule has 0 fully saturated rings. The number of imidazole rings is 1. The average Bonchev–Trinajstić information content (AvgIpc) is 3.26. The second kappa shape index (κ2) is 6.88. The van der Waals surface area contributed by atoms with Gasteiger partial charge in [0.25, 0.3) is 0 Å². The summed E-state index contributed by atoms with van der Waals surface area (Å²) in [5.74, 6) is 0.146. The van der Waals surface area contributed by atoms with Crippen LogP contribution in [0.15, 0.2) is 67.1 Å². The smallest absolute Gasteiger partial charge is 0.165 e. The number of ketones is 1. The number of hydrogen-bond donors (Lipinski definition) is 0. The summed E-state index contributed by atoms with van der Waals surface area (Å²) in [6.07, 6.45) is 4.14. The lowest BCUT2D eigenvalue weighted by atomic mass is 9.91. The van der Waals surface area contributed by atoms with Crippen molar-refractivity contribution in [3.05, 3.63) is 83.9 Å². The highest BCUT2D eigenvalue weighted by Crippen LogP contribution is 2.44. The molecule has 4 heteroatoms. The van der Waals surface area contributed by atoms with E-state index in [1.807, 2.05) is 74.0 Å². The van der Waals surface area contributed by atoms with Crippen molar-refractivity contribution >= 4 is 22.6 Å². The average molecular weight is 357 g/mol. The van der Waals surface area contributed by atoms with E-state index in [2.05, 4.69) is 28.6 Å². The third-order valence-corrected chi connectivity index (χ3v) is 5.29. The number of Topliss-reactive ketones (excluding diaryl/α,β-unsaturated/α-hetero) is 1. The van der Waals surface area contributed by atoms with Crippen LogP contribution in [0.2, 0.25) is 0 Å². The standard InChI is InChI=1S/C23H23N3O/c1-16-21-14-24-15-26(21)20(23(16)18-7-5-4-6-8-18)13-22(27)17-9-11-19(12-10-17)25(2)3/h4-12,14-15,20H,13H2,1-3H3. The summed E-state index contributed by atoms with van der Waals surface area (Å²) in [5, 5.41) is 0. The normalized spacial score (nSPS) is 15.7. The number of hydrogen-bond acceptors (Lipinski definition) is 3. The Bertz CT molecular complexity index is 998. The predicted octanol–water partition coefficient (Wildman–Crippen LogP) is 4.71. The summed E-state index contributed by atoms with van der Waals surface area (Å²) in [6.45, 7) is 2.12. The summed E-state index contributed by atoms with van der Waals surface area (Å²) in [6, 6.07) is 18.1. The molecule has 3 aromatic rings. The molecule has 136 valence electrons. The van der Waals surface area contributed by atoms with Gasteiger partial charge in [-0.2, -0.15) is 0 Å². The number of nitrogens with zero attached hydrogens (tertiary/aromatic N) is 3. The van der Waals surface area contributed by atoms with Crippen LogP contribution in [0.5, 0.6) is 0 Å². The lowest BCUT2D eigenvalue weighted by Gasteiger charge is -2.18. The second-order valence-electron chi connectivity index (χ2n) is 7.18. The summed E-state index contributed by atoms with van der Waals surface area (Å²) >= 11 is 0. The maximum Gasteiger partial charge on any atom is 0.165 e. The zero-order chi connectivity index (χ0) is 19.0. The predicted molar refractivity (Wildman–Crippen MR) is 110 cm³/mol. The van der Waals surface area contributed by atoms with E-state index in [1.54, 1.807) is 0 Å². The minimum absolute atomic E-state index is 0.0223. The first kappa shape index (κ1) is 17.3. The molecule has 0 N–H and O–H groups in total. The molecule has 0 saturated carbocycles. The van der Waals surface area contributed by atoms with Gasteiger partial charge in [-0.05, 0) is 47.9 Å². The summed E-state index contributed by atoms with van der Waals surface area (Å²) in [7, 11) is 3.99. The Hall–Kier alpha value is -3.14. The fourth-order valence-electron chi connectivity index (χ4n) is 3.84. The Kier molecular flexibility index (Phi) is 4.40. The van der Waals surface area contributed by atoms with Gasteiger partial charge in [0.15, 0.2) is 5.78 Å². The number of anilines is 1. The molecule has 0 aliphatic carbocycles. The molecule has 1 atom stereocenters. The number of benzene rings is 2. The summed E-state index contributed by atoms with van der Waals surface area (Å²) < 4.78 is 2.13. The highest BCUT2D eigenvalue weighted by Gasteiger charge is 2.31. The van der Waals surface area contributed by atoms with Crippen molar-refractivity contribution < 1.29 is 4.79 Å². The fourth-order valence-corrected chi connectivity index (χ4v) is 3.84. The molecule has 2 aromatic carbocycles. The van der Waals surface area contributed by atoms with Crippen molar-refractivity contribution in [2.24, 2.45) is 0 Å². The number of aromatic nitrogens is 2. The number of fused-ring (bicyclic) bond motifs is 1. The molecular weight excluding hydrogens is 334 g/mol. The van der Waals surface area contributed by atoms with Gasteiger partial charge in [0.2, 0.25) is 0 Å². The molecule has 1 aromatic heterocycles. The van der Waals surface area contributed by atoms with Gasteiger partial charge >= 0.3 is 0 Å². The molecule has 1 unspecified atom stereocenters. The molecule has 0 amide bonds. The van der Waals surface area contributed by atoms with E-state index in [1.165, 1.54) is 16.7 Å². The van der Waals surface area contributed by atoms with Crippen molar-refractivity contribution in [1.29, 1.82) is 0 Å². The maximum atomic E-state index is 13.0. The highest BCUT2D eigenvalue weighted by atomic mass is 16.1. The quantitative estimate of drug-likeness (QED) is 0.621. The molecular formula is C23H23N3O. The molecule has 2 heterocycles. The first-order valence-corrected chi connectivity index (χ1v) is 9.15. The zero-order valence-electron chi connectivity index (χ0n) is 15.9. The minimum Gasteiger partial charge on any atom is -0.378 e. The highest BCUT2D eigenvalue weighted by molar-refractivity contribution is 6.01. The number of rotatable bonds is 5. The molecule has 0 spiro atoms. The first-order chi connectivity index (χ1) is 13.1. The van der Waals surface area contributed by atoms with Gasteiger partial charge in [0.05, 0.1) is 24.3 Å². The lowest BCUT2D eigenvalue weighted by molar-refractivity contribution is 0.0972. The molecule has 0 radical (unpaired) electrons. The van der Waals surface area contributed by atoms with Crippen molar-refractivity contribution in [3.8, 4) is 0 Å². The zero-order valence-corrected chi connectivity index (χ0v) is 15.9. The molecule has 4 nitrogen and oxygen atoms in total. The van der Waals surface area contributed by atoms with Gasteiger partial charge in [0, 0.05) is 31.8 Å². The van der Waals surface area contributed by atoms with E-state index in [0.717, 1.165) is 16.9 Å². The van der Waals surface area contributed by atoms with Crippen molar-refractivity contribution in [2.75, 3.05) is 19.0 Å². The fraction of sp³-hybridized carbons (Fsp3) is 0.217. The largest absolute Gasteiger partial charge is 0.378 e. The molecule has 1 aliphatic heterocycles. The van der Waals surface area contributed by atoms with Gasteiger partial charge in [-0.1, -0.05) is 30.3 Å². The van der Waals surface area contributed by atoms with Gasteiger partial charge < -0.3 is 9.47 Å². The Balaban J connectivity index is 1.66. The van der Waals surface area contributed by atoms with Crippen LogP contribution in [0, 0.1) is 0 Å². The van der Waals surface area contributed by atoms with Crippen LogP contribution >= 0.6 is 0 Å². The second-order valence-corrected chi connectivity index (χ2v) is 7.18. The summed E-state index contributed by atoms with van der Waals surface area (Å²) in [4.78, 5) is 19.4. The van der Waals surface area contributed by atoms with E-state index < -0.39 is 0 Å². The van der Waals surface area contributed by atoms with Gasteiger partial charge in [-0.25, -0.2) is 4.98 Å². The van der Waals surface area contributed by atoms with Gasteiger partial charge in [0.1, 0.15) is 0 Å². The Labute approximate surface area is 159 Å². The number of allylic oxidation sites excluding steroid dienone is 2. The van der Waals surface area contributed by atoms with Gasteiger partial charge in [-0.3, -0.25) is 4.79 Å². The van der Waals surface area contributed by atoms with Crippen LogP contribution in [-0.4, -0.2) is 29.4 Å². The van der Waals surface area contributed by atoms with Gasteiger partial charge in [-0.15, -0.1) is 0 Å². The Morgan fingerprint density at radius 3 is 2.44 bits per heavy atom. The third-order valence-electron chi connectivity index (χ3n) is 5.29. The van der Waals surface area contributed by atoms with Crippen LogP contribution in [0.4, 0.5) is 5.69 Å². The van der Waals surface area contributed by atoms with Crippen LogP contribution in [0.25, 0.3) is 11.1 Å². The summed E-state index contributed by atoms with van der Waals surface area (Å²) in [5.41, 5.74) is 6.50. The van der Waals surface area contributed by atoms with E-state index >= 15 is 0 Å². The SMILES string of the molecule is CC1=C(c2ccccc2)C(CC(=O)c2ccc(N(C)C)cc2)n2cncc21. The monoisotopic (exact) mass is 357 g/mol. The molecule has 27 heavy (non-hydrogen) atoms. The minimum atomic E-state index is -0.0223. The van der Waals surface area contributed by atoms with E-state index in [4.69, 9.17) is 0 Å². The van der Waals surface area contributed by atoms with Crippen LogP contribution in [0.1, 0.15) is 41.0 Å². The Morgan fingerprint density at radius 2 is 1.78 bits per heavy atom. The number of carbonyl (C=O) groups is 1. The van der Waals surface area contributed by atoms with Crippen molar-refractivity contribution in [1.82, 2.24) is 9.55 Å². The van der Waals surface area contributed by atoms with E-state index in [-0.39, 0.29) is 11.8 Å². The molecule has 1 aliphatic rings. The molecule has 0 bridgehead atoms. The van der Waals surface area contributed by atoms with Crippen LogP contribution in [0.3, 0.4) is 0 Å². The molecule has 0 saturated heterocycles. The van der Waals surface area contributed by atoms with Crippen molar-refractivity contribution in [2.45, 2.75) is 19.4 Å². The van der Waals surface area contributed by atoms with E-state index in [9.17, 15) is 4.79 Å². The van der Waals surface area contributed by atoms with Crippen LogP contribution in [-0.2, 0) is 0 Å². The van der Waals surface area contributed by atoms with E-state index in [0.29, 0.717) is 6.42 Å². The number of carbonyl (C=O) groups excluding carboxylic acids is 1. The molecule has 4 rings (SSSR count). The maximum absolute atomic E-state index is 13.0. The topological polar surface area (TPSA) is 38.1 Å².